The highest BCUT2D eigenvalue weighted by Crippen LogP contribution is 2.09. The fourth-order valence-electron chi connectivity index (χ4n) is 2.00. The predicted molar refractivity (Wildman–Crippen MR) is 99.9 cm³/mol. The van der Waals surface area contributed by atoms with Crippen LogP contribution >= 0.6 is 12.8 Å². The van der Waals surface area contributed by atoms with Gasteiger partial charge in [-0.25, -0.2) is 10.3 Å². The molecule has 0 fully saturated rings. The molecular formula is C16H27N5O2S. The lowest BCUT2D eigenvalue weighted by Crippen LogP contribution is -2.29. The van der Waals surface area contributed by atoms with E-state index in [-0.39, 0.29) is 11.8 Å². The summed E-state index contributed by atoms with van der Waals surface area (Å²) in [5.41, 5.74) is 4.42. The molecule has 5 N–H and O–H groups in total. The van der Waals surface area contributed by atoms with Crippen molar-refractivity contribution in [3.63, 3.8) is 0 Å². The topological polar surface area (TPSA) is 94.3 Å². The van der Waals surface area contributed by atoms with Crippen molar-refractivity contribution in [2.45, 2.75) is 26.2 Å². The van der Waals surface area contributed by atoms with E-state index in [0.29, 0.717) is 31.5 Å². The molecule has 0 heterocycles. The number of rotatable bonds is 12. The monoisotopic (exact) mass is 353 g/mol. The summed E-state index contributed by atoms with van der Waals surface area (Å²) < 4.78 is 0. The second kappa shape index (κ2) is 12.6. The third-order valence-corrected chi connectivity index (χ3v) is 3.40. The second-order valence-corrected chi connectivity index (χ2v) is 5.48. The summed E-state index contributed by atoms with van der Waals surface area (Å²) in [6.07, 6.45) is 2.11. The summed E-state index contributed by atoms with van der Waals surface area (Å²) in [7, 11) is 0. The van der Waals surface area contributed by atoms with Gasteiger partial charge in [0.1, 0.15) is 0 Å². The third kappa shape index (κ3) is 8.76. The van der Waals surface area contributed by atoms with E-state index in [1.807, 2.05) is 19.1 Å². The molecule has 7 nitrogen and oxygen atoms in total. The van der Waals surface area contributed by atoms with Crippen LogP contribution < -0.4 is 26.2 Å². The largest absolute Gasteiger partial charge is 0.384 e. The van der Waals surface area contributed by atoms with Gasteiger partial charge in [-0.1, -0.05) is 19.7 Å². The second-order valence-electron chi connectivity index (χ2n) is 5.25. The summed E-state index contributed by atoms with van der Waals surface area (Å²) >= 11 is 3.82. The molecule has 24 heavy (non-hydrogen) atoms. The number of benzene rings is 1. The predicted octanol–water partition coefficient (Wildman–Crippen LogP) is 1.07. The molecule has 0 unspecified atom stereocenters. The molecule has 1 aromatic rings. The molecule has 8 heteroatoms. The number of hydrogen-bond acceptors (Lipinski definition) is 6. The molecule has 0 aliphatic heterocycles. The third-order valence-electron chi connectivity index (χ3n) is 3.24. The van der Waals surface area contributed by atoms with Crippen LogP contribution in [0.5, 0.6) is 0 Å². The highest BCUT2D eigenvalue weighted by atomic mass is 32.1. The Morgan fingerprint density at radius 1 is 1.00 bits per heavy atom. The molecule has 0 bridgehead atoms. The van der Waals surface area contributed by atoms with E-state index >= 15 is 0 Å². The molecule has 1 aromatic carbocycles. The molecule has 0 radical (unpaired) electrons. The van der Waals surface area contributed by atoms with Crippen LogP contribution in [0, 0.1) is 0 Å². The highest BCUT2D eigenvalue weighted by Gasteiger charge is 2.05. The average Bonchev–Trinajstić information content (AvgIpc) is 2.59. The van der Waals surface area contributed by atoms with Crippen molar-refractivity contribution in [1.82, 2.24) is 20.9 Å². The van der Waals surface area contributed by atoms with Crippen LogP contribution in [0.3, 0.4) is 0 Å². The maximum Gasteiger partial charge on any atom is 0.251 e. The number of thiol groups is 1. The van der Waals surface area contributed by atoms with Gasteiger partial charge in [-0.2, -0.15) is 0 Å². The fourth-order valence-corrected chi connectivity index (χ4v) is 2.11. The fraction of sp³-hybridized carbons (Fsp3) is 0.500. The first kappa shape index (κ1) is 20.3. The van der Waals surface area contributed by atoms with Crippen LogP contribution in [0.25, 0.3) is 0 Å². The van der Waals surface area contributed by atoms with Crippen molar-refractivity contribution >= 4 is 30.3 Å². The van der Waals surface area contributed by atoms with Crippen molar-refractivity contribution in [3.05, 3.63) is 29.8 Å². The summed E-state index contributed by atoms with van der Waals surface area (Å²) in [5, 5.41) is 8.88. The van der Waals surface area contributed by atoms with E-state index in [1.54, 1.807) is 12.1 Å². The van der Waals surface area contributed by atoms with Gasteiger partial charge >= 0.3 is 0 Å². The minimum atomic E-state index is -0.109. The summed E-state index contributed by atoms with van der Waals surface area (Å²) in [6.45, 7) is 4.55. The van der Waals surface area contributed by atoms with Gasteiger partial charge in [-0.3, -0.25) is 9.59 Å². The first-order valence-electron chi connectivity index (χ1n) is 8.18. The Labute approximate surface area is 148 Å². The van der Waals surface area contributed by atoms with E-state index in [9.17, 15) is 9.59 Å². The van der Waals surface area contributed by atoms with Crippen LogP contribution in [-0.4, -0.2) is 38.0 Å². The molecule has 2 amide bonds. The van der Waals surface area contributed by atoms with Crippen molar-refractivity contribution in [1.29, 1.82) is 0 Å². The molecule has 0 aliphatic carbocycles. The minimum Gasteiger partial charge on any atom is -0.384 e. The van der Waals surface area contributed by atoms with Crippen LogP contribution in [-0.2, 0) is 4.79 Å². The molecular weight excluding hydrogens is 326 g/mol. The molecule has 0 aromatic heterocycles. The Morgan fingerprint density at radius 2 is 1.71 bits per heavy atom. The van der Waals surface area contributed by atoms with Crippen LogP contribution in [0.4, 0.5) is 5.69 Å². The number of anilines is 1. The lowest BCUT2D eigenvalue weighted by atomic mass is 10.2. The standard InChI is InChI=1S/C16H27N5O2S/c1-2-4-15(22)18-9-3-10-19-16(23)13-5-7-14(8-6-13)17-11-12-20-21-24/h5-8,17,20-21,24H,2-4,9-12H2,1H3,(H,18,22)(H,19,23). The summed E-state index contributed by atoms with van der Waals surface area (Å²) in [6, 6.07) is 7.30. The lowest BCUT2D eigenvalue weighted by molar-refractivity contribution is -0.121. The normalized spacial score (nSPS) is 10.2. The molecule has 0 spiro atoms. The van der Waals surface area contributed by atoms with Crippen molar-refractivity contribution < 1.29 is 9.59 Å². The smallest absolute Gasteiger partial charge is 0.251 e. The zero-order valence-electron chi connectivity index (χ0n) is 14.0. The van der Waals surface area contributed by atoms with Crippen LogP contribution in [0.15, 0.2) is 24.3 Å². The van der Waals surface area contributed by atoms with E-state index in [2.05, 4.69) is 39.0 Å². The van der Waals surface area contributed by atoms with Crippen molar-refractivity contribution in [3.8, 4) is 0 Å². The maximum absolute atomic E-state index is 12.0. The van der Waals surface area contributed by atoms with Gasteiger partial charge in [0, 0.05) is 43.9 Å². The molecule has 134 valence electrons. The molecule has 0 atom stereocenters. The lowest BCUT2D eigenvalue weighted by Gasteiger charge is -2.09. The summed E-state index contributed by atoms with van der Waals surface area (Å²) in [5.74, 6) is -0.0466. The number of amides is 2. The zero-order valence-corrected chi connectivity index (χ0v) is 14.9. The highest BCUT2D eigenvalue weighted by molar-refractivity contribution is 7.78. The molecule has 0 saturated carbocycles. The minimum absolute atomic E-state index is 0.0623. The first-order valence-corrected chi connectivity index (χ1v) is 8.63. The number of hydrogen-bond donors (Lipinski definition) is 6. The Hall–Kier alpha value is -1.77. The molecule has 1 rings (SSSR count). The van der Waals surface area contributed by atoms with Gasteiger partial charge in [-0.15, -0.1) is 0 Å². The Balaban J connectivity index is 2.21. The van der Waals surface area contributed by atoms with Gasteiger partial charge in [0.15, 0.2) is 0 Å². The van der Waals surface area contributed by atoms with E-state index in [1.165, 1.54) is 0 Å². The average molecular weight is 353 g/mol. The van der Waals surface area contributed by atoms with E-state index in [4.69, 9.17) is 0 Å². The van der Waals surface area contributed by atoms with Gasteiger partial charge in [0.2, 0.25) is 5.91 Å². The number of nitrogens with one attached hydrogen (secondary N) is 5. The zero-order chi connectivity index (χ0) is 17.6. The van der Waals surface area contributed by atoms with Crippen LogP contribution in [0.1, 0.15) is 36.5 Å². The van der Waals surface area contributed by atoms with Gasteiger partial charge in [-0.05, 0) is 37.1 Å². The Bertz CT molecular complexity index is 496. The number of carbonyl (C=O) groups excluding carboxylic acids is 2. The maximum atomic E-state index is 12.0. The summed E-state index contributed by atoms with van der Waals surface area (Å²) in [4.78, 5) is 25.8. The Morgan fingerprint density at radius 3 is 2.38 bits per heavy atom. The quantitative estimate of drug-likeness (QED) is 0.192. The van der Waals surface area contributed by atoms with Crippen molar-refractivity contribution in [2.75, 3.05) is 31.5 Å². The van der Waals surface area contributed by atoms with Crippen LogP contribution in [0.2, 0.25) is 0 Å². The first-order chi connectivity index (χ1) is 11.7. The van der Waals surface area contributed by atoms with E-state index in [0.717, 1.165) is 25.2 Å². The Kier molecular flexibility index (Phi) is 10.7. The molecule has 0 saturated heterocycles. The molecule has 0 aliphatic rings. The van der Waals surface area contributed by atoms with Crippen molar-refractivity contribution in [2.24, 2.45) is 0 Å². The van der Waals surface area contributed by atoms with Gasteiger partial charge in [0.05, 0.1) is 0 Å². The van der Waals surface area contributed by atoms with E-state index < -0.39 is 0 Å². The van der Waals surface area contributed by atoms with Gasteiger partial charge < -0.3 is 16.0 Å². The van der Waals surface area contributed by atoms with Gasteiger partial charge in [0.25, 0.3) is 5.91 Å². The SMILES string of the molecule is CCCC(=O)NCCCNC(=O)c1ccc(NCCNNS)cc1. The number of hydrazine groups is 1. The number of carbonyl (C=O) groups is 2.